The number of amides is 2. The van der Waals surface area contributed by atoms with E-state index in [4.69, 9.17) is 0 Å². The highest BCUT2D eigenvalue weighted by Gasteiger charge is 2.28. The summed E-state index contributed by atoms with van der Waals surface area (Å²) in [6, 6.07) is 11.7. The molecule has 0 unspecified atom stereocenters. The van der Waals surface area contributed by atoms with Gasteiger partial charge in [0.25, 0.3) is 5.91 Å². The van der Waals surface area contributed by atoms with Gasteiger partial charge >= 0.3 is 0 Å². The Morgan fingerprint density at radius 3 is 2.50 bits per heavy atom. The van der Waals surface area contributed by atoms with Crippen molar-refractivity contribution in [2.75, 3.05) is 21.6 Å². The molecule has 0 bridgehead atoms. The molecule has 1 aromatic heterocycles. The van der Waals surface area contributed by atoms with E-state index in [2.05, 4.69) is 30.9 Å². The third kappa shape index (κ3) is 5.09. The van der Waals surface area contributed by atoms with E-state index in [0.717, 1.165) is 24.7 Å². The molecule has 2 amide bonds. The number of hydrogen-bond donors (Lipinski definition) is 3. The zero-order valence-corrected chi connectivity index (χ0v) is 18.2. The molecule has 0 spiro atoms. The maximum Gasteiger partial charge on any atom is 0.257 e. The van der Waals surface area contributed by atoms with Crippen molar-refractivity contribution in [1.29, 1.82) is 0 Å². The van der Waals surface area contributed by atoms with E-state index in [1.165, 1.54) is 25.1 Å². The topological polar surface area (TPSA) is 148 Å². The van der Waals surface area contributed by atoms with Crippen LogP contribution in [0.15, 0.2) is 42.5 Å². The molecule has 1 aliphatic carbocycles. The Labute approximate surface area is 184 Å². The van der Waals surface area contributed by atoms with Crippen LogP contribution in [0.25, 0.3) is 11.4 Å². The molecular formula is C20H21N7O4S. The van der Waals surface area contributed by atoms with Gasteiger partial charge in [0.2, 0.25) is 15.9 Å². The monoisotopic (exact) mass is 455 g/mol. The lowest BCUT2D eigenvalue weighted by molar-refractivity contribution is -0.114. The van der Waals surface area contributed by atoms with Gasteiger partial charge in [0.15, 0.2) is 5.82 Å². The zero-order valence-electron chi connectivity index (χ0n) is 17.4. The summed E-state index contributed by atoms with van der Waals surface area (Å²) in [5, 5.41) is 17.2. The normalized spacial score (nSPS) is 13.4. The molecule has 0 radical (unpaired) electrons. The van der Waals surface area contributed by atoms with Crippen LogP contribution in [-0.2, 0) is 14.8 Å². The SMILES string of the molecule is CC(=O)Nc1ccc(NS(C)(=O)=O)c(C(=O)Nc2cccc(-c3nnnn3C3CC3)c2)c1. The average molecular weight is 456 g/mol. The Hall–Kier alpha value is -3.80. The van der Waals surface area contributed by atoms with Crippen LogP contribution < -0.4 is 15.4 Å². The van der Waals surface area contributed by atoms with Gasteiger partial charge in [-0.3, -0.25) is 14.3 Å². The molecule has 1 heterocycles. The second kappa shape index (κ2) is 8.38. The van der Waals surface area contributed by atoms with Crippen molar-refractivity contribution in [3.63, 3.8) is 0 Å². The molecule has 11 nitrogen and oxygen atoms in total. The van der Waals surface area contributed by atoms with Crippen molar-refractivity contribution in [2.24, 2.45) is 0 Å². The van der Waals surface area contributed by atoms with Crippen LogP contribution in [0, 0.1) is 0 Å². The van der Waals surface area contributed by atoms with Crippen LogP contribution in [0.4, 0.5) is 17.1 Å². The molecule has 166 valence electrons. The molecule has 0 atom stereocenters. The van der Waals surface area contributed by atoms with E-state index in [9.17, 15) is 18.0 Å². The van der Waals surface area contributed by atoms with Gasteiger partial charge in [-0.2, -0.15) is 0 Å². The first-order valence-electron chi connectivity index (χ1n) is 9.79. The number of tetrazole rings is 1. The number of anilines is 3. The largest absolute Gasteiger partial charge is 0.326 e. The minimum atomic E-state index is -3.63. The molecule has 1 saturated carbocycles. The standard InChI is InChI=1S/C20H21N7O4S/c1-12(28)21-15-6-9-18(24-32(2,30)31)17(11-15)20(29)22-14-5-3-4-13(10-14)19-23-25-26-27(19)16-7-8-16/h3-6,9-11,16,24H,7-8H2,1-2H3,(H,21,28)(H,22,29). The van der Waals surface area contributed by atoms with Crippen LogP contribution in [0.1, 0.15) is 36.2 Å². The summed E-state index contributed by atoms with van der Waals surface area (Å²) >= 11 is 0. The summed E-state index contributed by atoms with van der Waals surface area (Å²) in [5.41, 5.74) is 1.72. The second-order valence-corrected chi connectivity index (χ2v) is 9.28. The van der Waals surface area contributed by atoms with E-state index in [1.807, 2.05) is 6.07 Å². The van der Waals surface area contributed by atoms with Crippen LogP contribution in [0.3, 0.4) is 0 Å². The zero-order chi connectivity index (χ0) is 22.9. The first-order chi connectivity index (χ1) is 15.2. The molecule has 0 aliphatic heterocycles. The number of nitrogens with one attached hydrogen (secondary N) is 3. The van der Waals surface area contributed by atoms with E-state index in [1.54, 1.807) is 22.9 Å². The molecular weight excluding hydrogens is 434 g/mol. The van der Waals surface area contributed by atoms with Gasteiger partial charge in [0, 0.05) is 23.9 Å². The molecule has 3 aromatic rings. The average Bonchev–Trinajstić information content (AvgIpc) is 3.44. The molecule has 0 saturated heterocycles. The fourth-order valence-corrected chi connectivity index (χ4v) is 3.76. The van der Waals surface area contributed by atoms with Crippen LogP contribution >= 0.6 is 0 Å². The molecule has 12 heteroatoms. The van der Waals surface area contributed by atoms with Gasteiger partial charge in [-0.15, -0.1) is 5.10 Å². The number of hydrogen-bond acceptors (Lipinski definition) is 7. The van der Waals surface area contributed by atoms with E-state index >= 15 is 0 Å². The number of sulfonamides is 1. The second-order valence-electron chi connectivity index (χ2n) is 7.53. The Bertz CT molecular complexity index is 1300. The lowest BCUT2D eigenvalue weighted by atomic mass is 10.1. The van der Waals surface area contributed by atoms with Gasteiger partial charge in [-0.25, -0.2) is 13.1 Å². The molecule has 4 rings (SSSR count). The first-order valence-corrected chi connectivity index (χ1v) is 11.7. The Balaban J connectivity index is 1.63. The molecule has 1 fully saturated rings. The number of rotatable bonds is 7. The minimum Gasteiger partial charge on any atom is -0.326 e. The lowest BCUT2D eigenvalue weighted by Crippen LogP contribution is -2.18. The number of nitrogens with zero attached hydrogens (tertiary/aromatic N) is 4. The van der Waals surface area contributed by atoms with Crippen molar-refractivity contribution < 1.29 is 18.0 Å². The van der Waals surface area contributed by atoms with Crippen molar-refractivity contribution in [3.8, 4) is 11.4 Å². The van der Waals surface area contributed by atoms with E-state index in [0.29, 0.717) is 23.2 Å². The molecule has 3 N–H and O–H groups in total. The summed E-state index contributed by atoms with van der Waals surface area (Å²) in [5.74, 6) is -0.265. The number of aromatic nitrogens is 4. The molecule has 1 aliphatic rings. The van der Waals surface area contributed by atoms with Crippen molar-refractivity contribution >= 4 is 38.9 Å². The van der Waals surface area contributed by atoms with Gasteiger partial charge in [-0.1, -0.05) is 12.1 Å². The van der Waals surface area contributed by atoms with Gasteiger partial charge in [0.1, 0.15) is 0 Å². The summed E-state index contributed by atoms with van der Waals surface area (Å²) in [6.07, 6.45) is 3.04. The van der Waals surface area contributed by atoms with Crippen molar-refractivity contribution in [1.82, 2.24) is 20.2 Å². The maximum absolute atomic E-state index is 13.0. The summed E-state index contributed by atoms with van der Waals surface area (Å²) in [7, 11) is -3.63. The van der Waals surface area contributed by atoms with Gasteiger partial charge < -0.3 is 10.6 Å². The van der Waals surface area contributed by atoms with Gasteiger partial charge in [-0.05, 0) is 53.6 Å². The summed E-state index contributed by atoms with van der Waals surface area (Å²) in [6.45, 7) is 1.34. The summed E-state index contributed by atoms with van der Waals surface area (Å²) in [4.78, 5) is 24.4. The fourth-order valence-electron chi connectivity index (χ4n) is 3.19. The Kier molecular flexibility index (Phi) is 5.61. The first kappa shape index (κ1) is 21.4. The molecule has 32 heavy (non-hydrogen) atoms. The highest BCUT2D eigenvalue weighted by molar-refractivity contribution is 7.92. The number of carbonyl (C=O) groups excluding carboxylic acids is 2. The number of carbonyl (C=O) groups is 2. The van der Waals surface area contributed by atoms with Crippen molar-refractivity contribution in [3.05, 3.63) is 48.0 Å². The lowest BCUT2D eigenvalue weighted by Gasteiger charge is -2.14. The predicted octanol–water partition coefficient (Wildman–Crippen LogP) is 2.26. The van der Waals surface area contributed by atoms with Crippen LogP contribution in [0.5, 0.6) is 0 Å². The van der Waals surface area contributed by atoms with Crippen LogP contribution in [0.2, 0.25) is 0 Å². The minimum absolute atomic E-state index is 0.0508. The Morgan fingerprint density at radius 1 is 1.06 bits per heavy atom. The van der Waals surface area contributed by atoms with Gasteiger partial charge in [0.05, 0.1) is 23.5 Å². The maximum atomic E-state index is 13.0. The quantitative estimate of drug-likeness (QED) is 0.495. The highest BCUT2D eigenvalue weighted by atomic mass is 32.2. The third-order valence-corrected chi connectivity index (χ3v) is 5.23. The third-order valence-electron chi connectivity index (χ3n) is 4.64. The predicted molar refractivity (Wildman–Crippen MR) is 119 cm³/mol. The van der Waals surface area contributed by atoms with E-state index in [-0.39, 0.29) is 17.2 Å². The van der Waals surface area contributed by atoms with Crippen LogP contribution in [-0.4, -0.2) is 46.7 Å². The molecule has 2 aromatic carbocycles. The summed E-state index contributed by atoms with van der Waals surface area (Å²) < 4.78 is 27.6. The van der Waals surface area contributed by atoms with Crippen molar-refractivity contribution in [2.45, 2.75) is 25.8 Å². The smallest absolute Gasteiger partial charge is 0.257 e. The highest BCUT2D eigenvalue weighted by Crippen LogP contribution is 2.36. The Morgan fingerprint density at radius 2 is 1.81 bits per heavy atom. The van der Waals surface area contributed by atoms with E-state index < -0.39 is 15.9 Å². The fraction of sp³-hybridized carbons (Fsp3) is 0.250. The number of benzene rings is 2.